The summed E-state index contributed by atoms with van der Waals surface area (Å²) in [6, 6.07) is -3.62. The largest absolute Gasteiger partial charge is 0.480 e. The molecule has 0 saturated carbocycles. The Hall–Kier alpha value is -1.85. The maximum absolute atomic E-state index is 12.7. The topological polar surface area (TPSA) is 177 Å². The lowest BCUT2D eigenvalue weighted by Crippen LogP contribution is -2.57. The first-order valence-electron chi connectivity index (χ1n) is 10.7. The van der Waals surface area contributed by atoms with Gasteiger partial charge in [-0.15, -0.1) is 0 Å². The molecule has 31 heavy (non-hydrogen) atoms. The summed E-state index contributed by atoms with van der Waals surface area (Å²) in [5, 5.41) is 17.1. The SMILES string of the molecule is CCC(C)C(NC(=O)C(CCCCN)NC(=O)C(C)NC(=O)C(N)CCSC)C(=O)O. The summed E-state index contributed by atoms with van der Waals surface area (Å²) in [5.74, 6) is -2.25. The number of carboxylic acids is 1. The van der Waals surface area contributed by atoms with Crippen LogP contribution in [0.15, 0.2) is 0 Å². The molecule has 10 nitrogen and oxygen atoms in total. The number of amides is 3. The second kappa shape index (κ2) is 15.9. The van der Waals surface area contributed by atoms with Gasteiger partial charge >= 0.3 is 5.97 Å². The fourth-order valence-electron chi connectivity index (χ4n) is 2.76. The number of unbranched alkanes of at least 4 members (excludes halogenated alkanes) is 1. The number of thioether (sulfide) groups is 1. The molecule has 11 heteroatoms. The van der Waals surface area contributed by atoms with Gasteiger partial charge < -0.3 is 32.5 Å². The standard InChI is InChI=1S/C20H39N5O5S/c1-5-12(2)16(20(29)30)25-19(28)15(8-6-7-10-21)24-17(26)13(3)23-18(27)14(22)9-11-31-4/h12-16H,5-11,21-22H2,1-4H3,(H,23,27)(H,24,26)(H,25,28)(H,29,30). The molecule has 0 radical (unpaired) electrons. The molecular formula is C20H39N5O5S. The number of carboxylic acid groups (broad SMARTS) is 1. The third kappa shape index (κ3) is 11.4. The van der Waals surface area contributed by atoms with E-state index in [9.17, 15) is 24.3 Å². The third-order valence-electron chi connectivity index (χ3n) is 5.08. The van der Waals surface area contributed by atoms with Crippen molar-refractivity contribution in [3.05, 3.63) is 0 Å². The predicted octanol–water partition coefficient (Wildman–Crippen LogP) is -0.199. The summed E-state index contributed by atoms with van der Waals surface area (Å²) in [6.45, 7) is 5.51. The van der Waals surface area contributed by atoms with Gasteiger partial charge in [0.25, 0.3) is 0 Å². The van der Waals surface area contributed by atoms with Crippen molar-refractivity contribution in [3.63, 3.8) is 0 Å². The van der Waals surface area contributed by atoms with E-state index in [0.717, 1.165) is 5.75 Å². The monoisotopic (exact) mass is 461 g/mol. The van der Waals surface area contributed by atoms with Crippen molar-refractivity contribution in [1.82, 2.24) is 16.0 Å². The number of nitrogens with one attached hydrogen (secondary N) is 3. The summed E-state index contributed by atoms with van der Waals surface area (Å²) in [5.41, 5.74) is 11.3. The normalized spacial score (nSPS) is 15.8. The fraction of sp³-hybridized carbons (Fsp3) is 0.800. The Balaban J connectivity index is 5.11. The van der Waals surface area contributed by atoms with Crippen LogP contribution in [0.2, 0.25) is 0 Å². The maximum Gasteiger partial charge on any atom is 0.326 e. The van der Waals surface area contributed by atoms with Crippen molar-refractivity contribution < 1.29 is 24.3 Å². The predicted molar refractivity (Wildman–Crippen MR) is 122 cm³/mol. The van der Waals surface area contributed by atoms with Crippen LogP contribution < -0.4 is 27.4 Å². The highest BCUT2D eigenvalue weighted by atomic mass is 32.2. The Bertz CT molecular complexity index is 592. The molecule has 0 bridgehead atoms. The molecule has 0 fully saturated rings. The van der Waals surface area contributed by atoms with Crippen LogP contribution in [0.5, 0.6) is 0 Å². The van der Waals surface area contributed by atoms with Crippen molar-refractivity contribution in [2.24, 2.45) is 17.4 Å². The molecule has 0 aromatic heterocycles. The second-order valence-corrected chi connectivity index (χ2v) is 8.66. The van der Waals surface area contributed by atoms with Gasteiger partial charge in [0.1, 0.15) is 18.1 Å². The minimum Gasteiger partial charge on any atom is -0.480 e. The number of hydrogen-bond acceptors (Lipinski definition) is 7. The number of carbonyl (C=O) groups excluding carboxylic acids is 3. The molecule has 0 aromatic rings. The Morgan fingerprint density at radius 1 is 0.968 bits per heavy atom. The highest BCUT2D eigenvalue weighted by molar-refractivity contribution is 7.98. The van der Waals surface area contributed by atoms with Gasteiger partial charge in [0.2, 0.25) is 17.7 Å². The smallest absolute Gasteiger partial charge is 0.326 e. The number of hydrogen-bond donors (Lipinski definition) is 6. The zero-order valence-electron chi connectivity index (χ0n) is 19.0. The van der Waals surface area contributed by atoms with Crippen molar-refractivity contribution in [2.45, 2.75) is 77.0 Å². The van der Waals surface area contributed by atoms with Gasteiger partial charge in [-0.3, -0.25) is 14.4 Å². The highest BCUT2D eigenvalue weighted by Gasteiger charge is 2.30. The molecular weight excluding hydrogens is 422 g/mol. The van der Waals surface area contributed by atoms with Crippen LogP contribution in [0.1, 0.15) is 52.9 Å². The third-order valence-corrected chi connectivity index (χ3v) is 5.72. The Morgan fingerprint density at radius 3 is 2.13 bits per heavy atom. The minimum absolute atomic E-state index is 0.275. The zero-order valence-corrected chi connectivity index (χ0v) is 19.8. The average Bonchev–Trinajstić information content (AvgIpc) is 2.73. The average molecular weight is 462 g/mol. The van der Waals surface area contributed by atoms with Crippen LogP contribution >= 0.6 is 11.8 Å². The first-order valence-corrected chi connectivity index (χ1v) is 12.1. The molecule has 0 saturated heterocycles. The van der Waals surface area contributed by atoms with Gasteiger partial charge in [0.15, 0.2) is 0 Å². The molecule has 0 aromatic carbocycles. The molecule has 0 rings (SSSR count). The Kier molecular flexibility index (Phi) is 14.9. The molecule has 0 aliphatic heterocycles. The first kappa shape index (κ1) is 29.1. The van der Waals surface area contributed by atoms with E-state index in [1.165, 1.54) is 6.92 Å². The van der Waals surface area contributed by atoms with Gasteiger partial charge in [0, 0.05) is 0 Å². The first-order chi connectivity index (χ1) is 14.6. The van der Waals surface area contributed by atoms with Crippen LogP contribution in [0.4, 0.5) is 0 Å². The van der Waals surface area contributed by atoms with E-state index in [-0.39, 0.29) is 5.92 Å². The molecule has 3 amide bonds. The molecule has 5 unspecified atom stereocenters. The van der Waals surface area contributed by atoms with Crippen LogP contribution in [0, 0.1) is 5.92 Å². The molecule has 0 heterocycles. The molecule has 0 spiro atoms. The highest BCUT2D eigenvalue weighted by Crippen LogP contribution is 2.10. The van der Waals surface area contributed by atoms with Crippen LogP contribution in [0.3, 0.4) is 0 Å². The Morgan fingerprint density at radius 2 is 1.61 bits per heavy atom. The van der Waals surface area contributed by atoms with Crippen molar-refractivity contribution in [1.29, 1.82) is 0 Å². The van der Waals surface area contributed by atoms with Crippen LogP contribution in [0.25, 0.3) is 0 Å². The quantitative estimate of drug-likeness (QED) is 0.171. The zero-order chi connectivity index (χ0) is 24.0. The maximum atomic E-state index is 12.7. The van der Waals surface area contributed by atoms with Crippen LogP contribution in [-0.2, 0) is 19.2 Å². The van der Waals surface area contributed by atoms with Gasteiger partial charge in [-0.25, -0.2) is 4.79 Å². The minimum atomic E-state index is -1.13. The van der Waals surface area contributed by atoms with E-state index in [2.05, 4.69) is 16.0 Å². The van der Waals surface area contributed by atoms with Crippen molar-refractivity contribution in [2.75, 3.05) is 18.6 Å². The summed E-state index contributed by atoms with van der Waals surface area (Å²) >= 11 is 1.57. The van der Waals surface area contributed by atoms with Gasteiger partial charge in [-0.1, -0.05) is 20.3 Å². The molecule has 0 aliphatic rings. The van der Waals surface area contributed by atoms with E-state index >= 15 is 0 Å². The molecule has 0 aliphatic carbocycles. The second-order valence-electron chi connectivity index (χ2n) is 7.67. The lowest BCUT2D eigenvalue weighted by molar-refractivity contribution is -0.143. The van der Waals surface area contributed by atoms with E-state index < -0.39 is 47.9 Å². The van der Waals surface area contributed by atoms with Gasteiger partial charge in [0.05, 0.1) is 6.04 Å². The van der Waals surface area contributed by atoms with E-state index in [1.807, 2.05) is 13.2 Å². The molecule has 8 N–H and O–H groups in total. The summed E-state index contributed by atoms with van der Waals surface area (Å²) in [7, 11) is 0. The number of aliphatic carboxylic acids is 1. The Labute approximate surface area is 189 Å². The number of carbonyl (C=O) groups is 4. The van der Waals surface area contributed by atoms with E-state index in [0.29, 0.717) is 38.6 Å². The number of nitrogens with two attached hydrogens (primary N) is 2. The fourth-order valence-corrected chi connectivity index (χ4v) is 3.25. The van der Waals surface area contributed by atoms with E-state index in [1.54, 1.807) is 18.7 Å². The van der Waals surface area contributed by atoms with Gasteiger partial charge in [-0.05, 0) is 57.1 Å². The van der Waals surface area contributed by atoms with Crippen LogP contribution in [-0.4, -0.2) is 71.5 Å². The summed E-state index contributed by atoms with van der Waals surface area (Å²) < 4.78 is 0. The van der Waals surface area contributed by atoms with Gasteiger partial charge in [-0.2, -0.15) is 11.8 Å². The molecule has 5 atom stereocenters. The lowest BCUT2D eigenvalue weighted by Gasteiger charge is -2.25. The van der Waals surface area contributed by atoms with E-state index in [4.69, 9.17) is 11.5 Å². The lowest BCUT2D eigenvalue weighted by atomic mass is 9.98. The van der Waals surface area contributed by atoms with Crippen molar-refractivity contribution in [3.8, 4) is 0 Å². The van der Waals surface area contributed by atoms with Crippen molar-refractivity contribution >= 4 is 35.5 Å². The molecule has 180 valence electrons. The number of rotatable bonds is 16. The summed E-state index contributed by atoms with van der Waals surface area (Å²) in [6.07, 6.45) is 4.50. The summed E-state index contributed by atoms with van der Waals surface area (Å²) in [4.78, 5) is 49.0.